The van der Waals surface area contributed by atoms with Crippen LogP contribution in [0.1, 0.15) is 70.3 Å². The van der Waals surface area contributed by atoms with E-state index in [4.69, 9.17) is 11.2 Å². The van der Waals surface area contributed by atoms with E-state index in [0.717, 1.165) is 24.3 Å². The second-order valence-corrected chi connectivity index (χ2v) is 6.66. The fraction of sp³-hybridized carbons (Fsp3) is 0.571. The van der Waals surface area contributed by atoms with Crippen LogP contribution < -0.4 is 4.74 Å². The largest absolute Gasteiger partial charge is 0.426 e. The first kappa shape index (κ1) is 17.6. The van der Waals surface area contributed by atoms with Gasteiger partial charge in [0.05, 0.1) is 5.92 Å². The standard InChI is InChI=1S/C21H28O2/c1-3-5-6-7-8-18-9-13-19(14-10-18)21(22)23-20-15-11-17(4-2)12-16-20/h2,11-12,15-16,18-19H,3,5-10,13-14H2,1H3/t18-,19-. The van der Waals surface area contributed by atoms with Gasteiger partial charge in [-0.25, -0.2) is 0 Å². The fourth-order valence-electron chi connectivity index (χ4n) is 3.37. The van der Waals surface area contributed by atoms with Gasteiger partial charge in [0.15, 0.2) is 0 Å². The van der Waals surface area contributed by atoms with E-state index in [1.165, 1.54) is 44.9 Å². The van der Waals surface area contributed by atoms with Crippen LogP contribution in [0.2, 0.25) is 0 Å². The highest BCUT2D eigenvalue weighted by molar-refractivity contribution is 5.75. The van der Waals surface area contributed by atoms with Crippen LogP contribution in [0.25, 0.3) is 0 Å². The van der Waals surface area contributed by atoms with E-state index in [9.17, 15) is 4.79 Å². The maximum atomic E-state index is 12.3. The molecule has 1 aromatic rings. The summed E-state index contributed by atoms with van der Waals surface area (Å²) in [5.74, 6) is 3.95. The molecule has 0 saturated heterocycles. The predicted molar refractivity (Wildman–Crippen MR) is 94.2 cm³/mol. The Morgan fingerprint density at radius 1 is 1.13 bits per heavy atom. The number of benzene rings is 1. The Balaban J connectivity index is 1.71. The molecule has 0 radical (unpaired) electrons. The minimum absolute atomic E-state index is 0.0641. The summed E-state index contributed by atoms with van der Waals surface area (Å²) < 4.78 is 5.49. The second-order valence-electron chi connectivity index (χ2n) is 6.66. The summed E-state index contributed by atoms with van der Waals surface area (Å²) in [5.41, 5.74) is 0.799. The molecule has 124 valence electrons. The number of rotatable bonds is 7. The molecule has 1 aliphatic rings. The molecule has 0 aromatic heterocycles. The molecule has 0 bridgehead atoms. The van der Waals surface area contributed by atoms with Gasteiger partial charge in [0.1, 0.15) is 5.75 Å². The van der Waals surface area contributed by atoms with E-state index in [1.807, 2.05) is 0 Å². The summed E-state index contributed by atoms with van der Waals surface area (Å²) in [7, 11) is 0. The highest BCUT2D eigenvalue weighted by Crippen LogP contribution is 2.33. The molecular weight excluding hydrogens is 284 g/mol. The van der Waals surface area contributed by atoms with E-state index in [2.05, 4.69) is 12.8 Å². The molecule has 0 amide bonds. The van der Waals surface area contributed by atoms with Crippen molar-refractivity contribution in [3.8, 4) is 18.1 Å². The van der Waals surface area contributed by atoms with Gasteiger partial charge in [-0.1, -0.05) is 44.9 Å². The summed E-state index contributed by atoms with van der Waals surface area (Å²) >= 11 is 0. The number of hydrogen-bond acceptors (Lipinski definition) is 2. The molecule has 0 spiro atoms. The van der Waals surface area contributed by atoms with Crippen LogP contribution in [0.3, 0.4) is 0 Å². The first-order valence-electron chi connectivity index (χ1n) is 9.01. The molecular formula is C21H28O2. The van der Waals surface area contributed by atoms with E-state index >= 15 is 0 Å². The van der Waals surface area contributed by atoms with Crippen molar-refractivity contribution in [2.24, 2.45) is 11.8 Å². The van der Waals surface area contributed by atoms with Gasteiger partial charge in [-0.15, -0.1) is 6.42 Å². The molecule has 2 nitrogen and oxygen atoms in total. The van der Waals surface area contributed by atoms with Crippen LogP contribution in [-0.4, -0.2) is 5.97 Å². The number of carbonyl (C=O) groups excluding carboxylic acids is 1. The van der Waals surface area contributed by atoms with Gasteiger partial charge in [0.2, 0.25) is 0 Å². The smallest absolute Gasteiger partial charge is 0.314 e. The van der Waals surface area contributed by atoms with Crippen LogP contribution in [0.15, 0.2) is 24.3 Å². The third-order valence-electron chi connectivity index (χ3n) is 4.89. The minimum Gasteiger partial charge on any atom is -0.426 e. The van der Waals surface area contributed by atoms with Gasteiger partial charge in [-0.05, 0) is 55.9 Å². The molecule has 2 heteroatoms. The van der Waals surface area contributed by atoms with E-state index in [1.54, 1.807) is 24.3 Å². The second kappa shape index (κ2) is 9.40. The molecule has 1 aliphatic carbocycles. The minimum atomic E-state index is -0.0807. The predicted octanol–water partition coefficient (Wildman–Crippen LogP) is 5.35. The Morgan fingerprint density at radius 3 is 2.43 bits per heavy atom. The van der Waals surface area contributed by atoms with Crippen molar-refractivity contribution < 1.29 is 9.53 Å². The first-order valence-corrected chi connectivity index (χ1v) is 9.01. The Labute approximate surface area is 140 Å². The molecule has 1 aromatic carbocycles. The molecule has 0 unspecified atom stereocenters. The van der Waals surface area contributed by atoms with Gasteiger partial charge < -0.3 is 4.74 Å². The number of hydrogen-bond donors (Lipinski definition) is 0. The average Bonchev–Trinajstić information content (AvgIpc) is 2.60. The van der Waals surface area contributed by atoms with Crippen molar-refractivity contribution in [2.75, 3.05) is 0 Å². The van der Waals surface area contributed by atoms with Crippen molar-refractivity contribution in [1.29, 1.82) is 0 Å². The Morgan fingerprint density at radius 2 is 1.83 bits per heavy atom. The van der Waals surface area contributed by atoms with E-state index in [0.29, 0.717) is 5.75 Å². The molecule has 0 aliphatic heterocycles. The molecule has 23 heavy (non-hydrogen) atoms. The van der Waals surface area contributed by atoms with Crippen molar-refractivity contribution in [3.05, 3.63) is 29.8 Å². The van der Waals surface area contributed by atoms with Crippen molar-refractivity contribution in [1.82, 2.24) is 0 Å². The van der Waals surface area contributed by atoms with E-state index < -0.39 is 0 Å². The van der Waals surface area contributed by atoms with Gasteiger partial charge in [-0.2, -0.15) is 0 Å². The quantitative estimate of drug-likeness (QED) is 0.293. The average molecular weight is 312 g/mol. The number of ether oxygens (including phenoxy) is 1. The van der Waals surface area contributed by atoms with Crippen LogP contribution >= 0.6 is 0 Å². The highest BCUT2D eigenvalue weighted by Gasteiger charge is 2.27. The number of unbranched alkanes of at least 4 members (excludes halogenated alkanes) is 3. The van der Waals surface area contributed by atoms with Crippen molar-refractivity contribution >= 4 is 5.97 Å². The third-order valence-corrected chi connectivity index (χ3v) is 4.89. The zero-order valence-corrected chi connectivity index (χ0v) is 14.2. The lowest BCUT2D eigenvalue weighted by Gasteiger charge is -2.27. The fourth-order valence-corrected chi connectivity index (χ4v) is 3.37. The van der Waals surface area contributed by atoms with Gasteiger partial charge in [-0.3, -0.25) is 4.79 Å². The van der Waals surface area contributed by atoms with Crippen LogP contribution in [0.5, 0.6) is 5.75 Å². The molecule has 1 fully saturated rings. The zero-order chi connectivity index (χ0) is 16.5. The summed E-state index contributed by atoms with van der Waals surface area (Å²) in [6.07, 6.45) is 16.3. The van der Waals surface area contributed by atoms with Crippen LogP contribution in [0, 0.1) is 24.2 Å². The Bertz CT molecular complexity index is 516. The summed E-state index contributed by atoms with van der Waals surface area (Å²) in [6, 6.07) is 7.14. The molecule has 2 rings (SSSR count). The van der Waals surface area contributed by atoms with E-state index in [-0.39, 0.29) is 11.9 Å². The topological polar surface area (TPSA) is 26.3 Å². The highest BCUT2D eigenvalue weighted by atomic mass is 16.5. The molecule has 0 heterocycles. The zero-order valence-electron chi connectivity index (χ0n) is 14.2. The summed E-state index contributed by atoms with van der Waals surface area (Å²) in [5, 5.41) is 0. The lowest BCUT2D eigenvalue weighted by atomic mass is 9.80. The van der Waals surface area contributed by atoms with Gasteiger partial charge in [0, 0.05) is 5.56 Å². The van der Waals surface area contributed by atoms with Crippen LogP contribution in [-0.2, 0) is 4.79 Å². The lowest BCUT2D eigenvalue weighted by Crippen LogP contribution is -2.25. The first-order chi connectivity index (χ1) is 11.2. The van der Waals surface area contributed by atoms with Gasteiger partial charge in [0.25, 0.3) is 0 Å². The third kappa shape index (κ3) is 5.75. The molecule has 0 atom stereocenters. The maximum absolute atomic E-state index is 12.3. The Kier molecular flexibility index (Phi) is 7.20. The van der Waals surface area contributed by atoms with Crippen molar-refractivity contribution in [2.45, 2.75) is 64.7 Å². The molecule has 0 N–H and O–H groups in total. The van der Waals surface area contributed by atoms with Crippen molar-refractivity contribution in [3.63, 3.8) is 0 Å². The number of esters is 1. The summed E-state index contributed by atoms with van der Waals surface area (Å²) in [4.78, 5) is 12.3. The lowest BCUT2D eigenvalue weighted by molar-refractivity contribution is -0.140. The van der Waals surface area contributed by atoms with Gasteiger partial charge >= 0.3 is 5.97 Å². The SMILES string of the molecule is C#Cc1ccc(OC(=O)[C@H]2CC[C@H](CCCCCC)CC2)cc1. The van der Waals surface area contributed by atoms with Crippen LogP contribution in [0.4, 0.5) is 0 Å². The number of carbonyl (C=O) groups is 1. The Hall–Kier alpha value is -1.75. The normalized spacial score (nSPS) is 20.7. The number of terminal acetylenes is 1. The monoisotopic (exact) mass is 312 g/mol. The molecule has 1 saturated carbocycles. The maximum Gasteiger partial charge on any atom is 0.314 e. The summed E-state index contributed by atoms with van der Waals surface area (Å²) in [6.45, 7) is 2.25.